The molecule has 0 amide bonds. The van der Waals surface area contributed by atoms with E-state index in [2.05, 4.69) is 15.2 Å². The number of fused-ring (bicyclic) bond motifs is 1. The van der Waals surface area contributed by atoms with Gasteiger partial charge in [0.1, 0.15) is 5.52 Å². The van der Waals surface area contributed by atoms with Crippen LogP contribution in [0.15, 0.2) is 23.0 Å². The highest BCUT2D eigenvalue weighted by atomic mass is 16.1. The average molecular weight is 161 g/mol. The zero-order valence-corrected chi connectivity index (χ0v) is 6.53. The fourth-order valence-electron chi connectivity index (χ4n) is 1.05. The van der Waals surface area contributed by atoms with Crippen molar-refractivity contribution in [2.45, 2.75) is 6.92 Å². The van der Waals surface area contributed by atoms with Crippen molar-refractivity contribution in [1.82, 2.24) is 15.2 Å². The van der Waals surface area contributed by atoms with E-state index >= 15 is 0 Å². The summed E-state index contributed by atoms with van der Waals surface area (Å²) in [5.74, 6) is 0. The van der Waals surface area contributed by atoms with Crippen LogP contribution in [0.2, 0.25) is 0 Å². The summed E-state index contributed by atoms with van der Waals surface area (Å²) in [6.07, 6.45) is 0. The first-order valence-electron chi connectivity index (χ1n) is 3.59. The molecule has 0 atom stereocenters. The zero-order valence-electron chi connectivity index (χ0n) is 6.53. The molecule has 0 aliphatic carbocycles. The predicted octanol–water partition coefficient (Wildman–Crippen LogP) is 0.627. The molecule has 0 saturated heterocycles. The molecule has 0 aliphatic heterocycles. The van der Waals surface area contributed by atoms with Gasteiger partial charge in [-0.1, -0.05) is 0 Å². The Morgan fingerprint density at radius 1 is 1.33 bits per heavy atom. The van der Waals surface area contributed by atoms with Crippen LogP contribution in [0.1, 0.15) is 5.69 Å². The van der Waals surface area contributed by atoms with Crippen molar-refractivity contribution in [2.24, 2.45) is 0 Å². The Morgan fingerprint density at radius 3 is 3.00 bits per heavy atom. The van der Waals surface area contributed by atoms with E-state index < -0.39 is 0 Å². The van der Waals surface area contributed by atoms with E-state index in [0.29, 0.717) is 5.52 Å². The molecule has 1 N–H and O–H groups in total. The number of aromatic amines is 1. The van der Waals surface area contributed by atoms with E-state index in [-0.39, 0.29) is 5.56 Å². The van der Waals surface area contributed by atoms with Crippen molar-refractivity contribution >= 4 is 11.0 Å². The number of H-pyrrole nitrogens is 1. The van der Waals surface area contributed by atoms with E-state index in [1.165, 1.54) is 6.07 Å². The molecule has 60 valence electrons. The van der Waals surface area contributed by atoms with Crippen LogP contribution in [0.3, 0.4) is 0 Å². The summed E-state index contributed by atoms with van der Waals surface area (Å²) >= 11 is 0. The molecule has 0 saturated carbocycles. The Labute approximate surface area is 68.3 Å². The second kappa shape index (κ2) is 2.41. The SMILES string of the molecule is Cc1cc2[nH]c(=O)ccc2nn1. The van der Waals surface area contributed by atoms with Crippen LogP contribution in [0.4, 0.5) is 0 Å². The minimum absolute atomic E-state index is 0.116. The number of aromatic nitrogens is 3. The van der Waals surface area contributed by atoms with Crippen LogP contribution < -0.4 is 5.56 Å². The fraction of sp³-hybridized carbons (Fsp3) is 0.125. The minimum Gasteiger partial charge on any atom is -0.320 e. The Hall–Kier alpha value is -1.71. The number of hydrogen-bond donors (Lipinski definition) is 1. The highest BCUT2D eigenvalue weighted by molar-refractivity contribution is 5.72. The van der Waals surface area contributed by atoms with Gasteiger partial charge in [-0.15, -0.1) is 5.10 Å². The molecular formula is C8H7N3O. The number of aryl methyl sites for hydroxylation is 1. The maximum absolute atomic E-state index is 10.9. The van der Waals surface area contributed by atoms with Gasteiger partial charge in [0, 0.05) is 6.07 Å². The summed E-state index contributed by atoms with van der Waals surface area (Å²) in [7, 11) is 0. The van der Waals surface area contributed by atoms with Crippen molar-refractivity contribution in [3.05, 3.63) is 34.2 Å². The molecular weight excluding hydrogens is 154 g/mol. The lowest BCUT2D eigenvalue weighted by Crippen LogP contribution is -2.03. The largest absolute Gasteiger partial charge is 0.320 e. The smallest absolute Gasteiger partial charge is 0.248 e. The van der Waals surface area contributed by atoms with Crippen LogP contribution in [-0.4, -0.2) is 15.2 Å². The van der Waals surface area contributed by atoms with Gasteiger partial charge in [-0.2, -0.15) is 5.10 Å². The zero-order chi connectivity index (χ0) is 8.55. The minimum atomic E-state index is -0.116. The quantitative estimate of drug-likeness (QED) is 0.616. The van der Waals surface area contributed by atoms with Crippen molar-refractivity contribution in [2.75, 3.05) is 0 Å². The number of hydrogen-bond acceptors (Lipinski definition) is 3. The number of nitrogens with one attached hydrogen (secondary N) is 1. The molecule has 2 heterocycles. The molecule has 2 aromatic rings. The third-order valence-corrected chi connectivity index (χ3v) is 1.60. The Bertz CT molecular complexity index is 475. The van der Waals surface area contributed by atoms with E-state index in [4.69, 9.17) is 0 Å². The maximum atomic E-state index is 10.9. The van der Waals surface area contributed by atoms with E-state index in [1.54, 1.807) is 12.1 Å². The fourth-order valence-corrected chi connectivity index (χ4v) is 1.05. The van der Waals surface area contributed by atoms with Gasteiger partial charge >= 0.3 is 0 Å². The van der Waals surface area contributed by atoms with Crippen molar-refractivity contribution < 1.29 is 0 Å². The van der Waals surface area contributed by atoms with Gasteiger partial charge in [0.25, 0.3) is 0 Å². The molecule has 12 heavy (non-hydrogen) atoms. The third-order valence-electron chi connectivity index (χ3n) is 1.60. The lowest BCUT2D eigenvalue weighted by atomic mass is 10.3. The van der Waals surface area contributed by atoms with Crippen molar-refractivity contribution in [3.8, 4) is 0 Å². The Morgan fingerprint density at radius 2 is 2.17 bits per heavy atom. The molecule has 4 heteroatoms. The summed E-state index contributed by atoms with van der Waals surface area (Å²) < 4.78 is 0. The van der Waals surface area contributed by atoms with Gasteiger partial charge in [0.2, 0.25) is 5.56 Å². The standard InChI is InChI=1S/C8H7N3O/c1-5-4-7-6(11-10-5)2-3-8(12)9-7/h2-4H,1H3,(H,9,12). The summed E-state index contributed by atoms with van der Waals surface area (Å²) in [5.41, 5.74) is 2.12. The molecule has 0 bridgehead atoms. The highest BCUT2D eigenvalue weighted by Crippen LogP contribution is 2.04. The summed E-state index contributed by atoms with van der Waals surface area (Å²) in [6, 6.07) is 4.89. The first kappa shape index (κ1) is 6.97. The van der Waals surface area contributed by atoms with Crippen LogP contribution >= 0.6 is 0 Å². The molecule has 0 unspecified atom stereocenters. The molecule has 0 fully saturated rings. The van der Waals surface area contributed by atoms with Gasteiger partial charge in [-0.25, -0.2) is 0 Å². The predicted molar refractivity (Wildman–Crippen MR) is 44.9 cm³/mol. The molecule has 0 spiro atoms. The molecule has 0 aromatic carbocycles. The normalized spacial score (nSPS) is 10.4. The highest BCUT2D eigenvalue weighted by Gasteiger charge is 1.95. The van der Waals surface area contributed by atoms with Gasteiger partial charge in [0.05, 0.1) is 11.2 Å². The van der Waals surface area contributed by atoms with Crippen LogP contribution in [0, 0.1) is 6.92 Å². The van der Waals surface area contributed by atoms with Gasteiger partial charge < -0.3 is 4.98 Å². The number of pyridine rings is 1. The first-order valence-corrected chi connectivity index (χ1v) is 3.59. The lowest BCUT2D eigenvalue weighted by Gasteiger charge is -1.94. The Balaban J connectivity index is 2.89. The Kier molecular flexibility index (Phi) is 1.40. The lowest BCUT2D eigenvalue weighted by molar-refractivity contribution is 1.01. The van der Waals surface area contributed by atoms with Crippen molar-refractivity contribution in [1.29, 1.82) is 0 Å². The topological polar surface area (TPSA) is 58.6 Å². The molecule has 2 rings (SSSR count). The summed E-state index contributed by atoms with van der Waals surface area (Å²) in [4.78, 5) is 13.6. The van der Waals surface area contributed by atoms with E-state index in [0.717, 1.165) is 11.2 Å². The molecule has 2 aromatic heterocycles. The molecule has 0 aliphatic rings. The number of rotatable bonds is 0. The average Bonchev–Trinajstić information content (AvgIpc) is 2.03. The summed E-state index contributed by atoms with van der Waals surface area (Å²) in [6.45, 7) is 1.83. The van der Waals surface area contributed by atoms with Crippen LogP contribution in [0.5, 0.6) is 0 Å². The molecule has 4 nitrogen and oxygen atoms in total. The first-order chi connectivity index (χ1) is 5.75. The number of nitrogens with zero attached hydrogens (tertiary/aromatic N) is 2. The molecule has 0 radical (unpaired) electrons. The second-order valence-electron chi connectivity index (χ2n) is 2.61. The van der Waals surface area contributed by atoms with Crippen LogP contribution in [-0.2, 0) is 0 Å². The van der Waals surface area contributed by atoms with E-state index in [9.17, 15) is 4.79 Å². The van der Waals surface area contributed by atoms with Gasteiger partial charge in [-0.3, -0.25) is 4.79 Å². The van der Waals surface area contributed by atoms with Gasteiger partial charge in [0.15, 0.2) is 0 Å². The third kappa shape index (κ3) is 1.07. The van der Waals surface area contributed by atoms with Crippen LogP contribution in [0.25, 0.3) is 11.0 Å². The maximum Gasteiger partial charge on any atom is 0.248 e. The van der Waals surface area contributed by atoms with Crippen molar-refractivity contribution in [3.63, 3.8) is 0 Å². The van der Waals surface area contributed by atoms with E-state index in [1.807, 2.05) is 6.92 Å². The monoisotopic (exact) mass is 161 g/mol. The summed E-state index contributed by atoms with van der Waals surface area (Å²) in [5, 5.41) is 7.77. The van der Waals surface area contributed by atoms with Gasteiger partial charge in [-0.05, 0) is 19.1 Å². The second-order valence-corrected chi connectivity index (χ2v) is 2.61.